The molecule has 0 aromatic heterocycles. The van der Waals surface area contributed by atoms with Gasteiger partial charge in [0.15, 0.2) is 0 Å². The molecule has 1 rings (SSSR count). The lowest BCUT2D eigenvalue weighted by Crippen LogP contribution is -2.35. The molecule has 1 N–H and O–H groups in total. The first-order valence-electron chi connectivity index (χ1n) is 3.76. The third-order valence-corrected chi connectivity index (χ3v) is 2.76. The summed E-state index contributed by atoms with van der Waals surface area (Å²) >= 11 is 3.37. The van der Waals surface area contributed by atoms with E-state index in [1.807, 2.05) is 4.90 Å². The van der Waals surface area contributed by atoms with E-state index in [-0.39, 0.29) is 6.54 Å². The average Bonchev–Trinajstić information content (AvgIpc) is 2.34. The fourth-order valence-electron chi connectivity index (χ4n) is 1.45. The van der Waals surface area contributed by atoms with Gasteiger partial charge in [-0.2, -0.15) is 0 Å². The van der Waals surface area contributed by atoms with E-state index in [0.29, 0.717) is 6.04 Å². The van der Waals surface area contributed by atoms with Crippen molar-refractivity contribution < 1.29 is 9.90 Å². The summed E-state index contributed by atoms with van der Waals surface area (Å²) in [4.78, 5) is 12.4. The van der Waals surface area contributed by atoms with Crippen LogP contribution in [0.3, 0.4) is 0 Å². The zero-order chi connectivity index (χ0) is 8.27. The van der Waals surface area contributed by atoms with Crippen LogP contribution in [0.25, 0.3) is 0 Å². The maximum Gasteiger partial charge on any atom is 0.317 e. The predicted molar refractivity (Wildman–Crippen MR) is 46.0 cm³/mol. The number of rotatable bonds is 3. The van der Waals surface area contributed by atoms with Gasteiger partial charge in [0, 0.05) is 11.4 Å². The van der Waals surface area contributed by atoms with E-state index in [1.54, 1.807) is 0 Å². The maximum absolute atomic E-state index is 10.4. The molecule has 11 heavy (non-hydrogen) atoms. The van der Waals surface area contributed by atoms with Crippen molar-refractivity contribution in [2.24, 2.45) is 0 Å². The van der Waals surface area contributed by atoms with Gasteiger partial charge in [-0.1, -0.05) is 15.9 Å². The lowest BCUT2D eigenvalue weighted by molar-refractivity contribution is -0.138. The molecule has 1 atom stereocenters. The average molecular weight is 222 g/mol. The Morgan fingerprint density at radius 1 is 1.73 bits per heavy atom. The summed E-state index contributed by atoms with van der Waals surface area (Å²) in [6.45, 7) is 1.12. The Hall–Kier alpha value is -0.0900. The highest BCUT2D eigenvalue weighted by Crippen LogP contribution is 2.17. The maximum atomic E-state index is 10.4. The Bertz CT molecular complexity index is 151. The van der Waals surface area contributed by atoms with Gasteiger partial charge >= 0.3 is 5.97 Å². The molecule has 0 radical (unpaired) electrons. The van der Waals surface area contributed by atoms with Crippen LogP contribution in [0, 0.1) is 0 Å². The highest BCUT2D eigenvalue weighted by Gasteiger charge is 2.24. The molecule has 3 nitrogen and oxygen atoms in total. The molecule has 1 aliphatic heterocycles. The molecule has 1 fully saturated rings. The van der Waals surface area contributed by atoms with Gasteiger partial charge in [-0.15, -0.1) is 0 Å². The molecule has 0 unspecified atom stereocenters. The first kappa shape index (κ1) is 9.00. The van der Waals surface area contributed by atoms with Crippen LogP contribution >= 0.6 is 15.9 Å². The topological polar surface area (TPSA) is 40.5 Å². The molecule has 1 aliphatic rings. The molecule has 4 heteroatoms. The van der Waals surface area contributed by atoms with Gasteiger partial charge in [0.05, 0.1) is 6.54 Å². The smallest absolute Gasteiger partial charge is 0.317 e. The summed E-state index contributed by atoms with van der Waals surface area (Å²) in [6, 6.07) is 0.436. The van der Waals surface area contributed by atoms with Crippen molar-refractivity contribution in [2.45, 2.75) is 18.9 Å². The summed E-state index contributed by atoms with van der Waals surface area (Å²) in [5.74, 6) is -0.724. The van der Waals surface area contributed by atoms with E-state index < -0.39 is 5.97 Å². The fourth-order valence-corrected chi connectivity index (χ4v) is 2.19. The first-order valence-corrected chi connectivity index (χ1v) is 4.88. The van der Waals surface area contributed by atoms with Crippen molar-refractivity contribution in [3.8, 4) is 0 Å². The van der Waals surface area contributed by atoms with Crippen molar-refractivity contribution in [3.63, 3.8) is 0 Å². The Balaban J connectivity index is 2.37. The summed E-state index contributed by atoms with van der Waals surface area (Å²) in [6.07, 6.45) is 2.25. The highest BCUT2D eigenvalue weighted by molar-refractivity contribution is 9.09. The molecule has 1 heterocycles. The van der Waals surface area contributed by atoms with Gasteiger partial charge in [0.25, 0.3) is 0 Å². The monoisotopic (exact) mass is 221 g/mol. The van der Waals surface area contributed by atoms with E-state index in [1.165, 1.54) is 0 Å². The van der Waals surface area contributed by atoms with Crippen LogP contribution in [-0.4, -0.2) is 40.4 Å². The second kappa shape index (κ2) is 4.07. The highest BCUT2D eigenvalue weighted by atomic mass is 79.9. The third kappa shape index (κ3) is 2.45. The number of hydrogen-bond donors (Lipinski definition) is 1. The third-order valence-electron chi connectivity index (χ3n) is 2.02. The molecule has 0 aromatic rings. The molecule has 0 aliphatic carbocycles. The van der Waals surface area contributed by atoms with E-state index in [2.05, 4.69) is 15.9 Å². The van der Waals surface area contributed by atoms with Gasteiger partial charge < -0.3 is 5.11 Å². The fraction of sp³-hybridized carbons (Fsp3) is 0.857. The number of carboxylic acid groups (broad SMARTS) is 1. The minimum absolute atomic E-state index is 0.191. The number of carbonyl (C=O) groups is 1. The summed E-state index contributed by atoms with van der Waals surface area (Å²) in [5, 5.41) is 9.42. The van der Waals surface area contributed by atoms with Gasteiger partial charge in [-0.05, 0) is 19.4 Å². The second-order valence-corrected chi connectivity index (χ2v) is 3.46. The van der Waals surface area contributed by atoms with Crippen LogP contribution in [0.4, 0.5) is 0 Å². The van der Waals surface area contributed by atoms with Crippen molar-refractivity contribution >= 4 is 21.9 Å². The number of halogens is 1. The van der Waals surface area contributed by atoms with Crippen LogP contribution in [-0.2, 0) is 4.79 Å². The van der Waals surface area contributed by atoms with E-state index >= 15 is 0 Å². The summed E-state index contributed by atoms with van der Waals surface area (Å²) in [7, 11) is 0. The quantitative estimate of drug-likeness (QED) is 0.722. The number of carboxylic acids is 1. The lowest BCUT2D eigenvalue weighted by atomic mass is 10.2. The lowest BCUT2D eigenvalue weighted by Gasteiger charge is -2.19. The van der Waals surface area contributed by atoms with Crippen molar-refractivity contribution in [1.29, 1.82) is 0 Å². The van der Waals surface area contributed by atoms with Crippen LogP contribution in [0.1, 0.15) is 12.8 Å². The Morgan fingerprint density at radius 3 is 3.00 bits per heavy atom. The molecular formula is C7H12BrNO2. The van der Waals surface area contributed by atoms with Gasteiger partial charge in [-0.25, -0.2) is 0 Å². The largest absolute Gasteiger partial charge is 0.480 e. The van der Waals surface area contributed by atoms with E-state index in [0.717, 1.165) is 24.7 Å². The second-order valence-electron chi connectivity index (χ2n) is 2.81. The van der Waals surface area contributed by atoms with Crippen LogP contribution in [0.2, 0.25) is 0 Å². The van der Waals surface area contributed by atoms with Crippen LogP contribution in [0.15, 0.2) is 0 Å². The summed E-state index contributed by atoms with van der Waals surface area (Å²) in [5.41, 5.74) is 0. The van der Waals surface area contributed by atoms with Crippen molar-refractivity contribution in [2.75, 3.05) is 18.4 Å². The standard InChI is InChI=1S/C7H12BrNO2/c8-4-6-2-1-3-9(6)5-7(10)11/h6H,1-5H2,(H,10,11)/t6-/m0/s1. The molecule has 0 spiro atoms. The first-order chi connectivity index (χ1) is 5.24. The van der Waals surface area contributed by atoms with Crippen molar-refractivity contribution in [1.82, 2.24) is 4.90 Å². The number of aliphatic carboxylic acids is 1. The Kier molecular flexibility index (Phi) is 3.33. The molecule has 0 saturated carbocycles. The Morgan fingerprint density at radius 2 is 2.45 bits per heavy atom. The van der Waals surface area contributed by atoms with Crippen molar-refractivity contribution in [3.05, 3.63) is 0 Å². The zero-order valence-corrected chi connectivity index (χ0v) is 7.88. The molecule has 1 saturated heterocycles. The molecule has 0 aromatic carbocycles. The SMILES string of the molecule is O=C(O)CN1CCC[C@H]1CBr. The molecular weight excluding hydrogens is 210 g/mol. The normalized spacial score (nSPS) is 25.7. The van der Waals surface area contributed by atoms with E-state index in [9.17, 15) is 4.79 Å². The van der Waals surface area contributed by atoms with Crippen LogP contribution in [0.5, 0.6) is 0 Å². The number of hydrogen-bond acceptors (Lipinski definition) is 2. The molecule has 0 amide bonds. The Labute approximate surface area is 74.5 Å². The molecule has 0 bridgehead atoms. The van der Waals surface area contributed by atoms with E-state index in [4.69, 9.17) is 5.11 Å². The minimum Gasteiger partial charge on any atom is -0.480 e. The number of nitrogens with zero attached hydrogens (tertiary/aromatic N) is 1. The zero-order valence-electron chi connectivity index (χ0n) is 6.29. The van der Waals surface area contributed by atoms with Crippen LogP contribution < -0.4 is 0 Å². The minimum atomic E-state index is -0.724. The predicted octanol–water partition coefficient (Wildman–Crippen LogP) is 0.930. The van der Waals surface area contributed by atoms with Gasteiger partial charge in [0.2, 0.25) is 0 Å². The number of likely N-dealkylation sites (tertiary alicyclic amines) is 1. The summed E-state index contributed by atoms with van der Waals surface area (Å²) < 4.78 is 0. The molecule has 64 valence electrons. The number of alkyl halides is 1. The van der Waals surface area contributed by atoms with Gasteiger partial charge in [-0.3, -0.25) is 9.69 Å². The van der Waals surface area contributed by atoms with Gasteiger partial charge in [0.1, 0.15) is 0 Å².